The van der Waals surface area contributed by atoms with Crippen LogP contribution in [0.4, 0.5) is 20.2 Å². The van der Waals surface area contributed by atoms with Crippen LogP contribution in [0.15, 0.2) is 52.4 Å². The summed E-state index contributed by atoms with van der Waals surface area (Å²) in [6, 6.07) is 9.38. The molecule has 0 spiro atoms. The maximum atomic E-state index is 14.6. The number of amides is 5. The van der Waals surface area contributed by atoms with Crippen LogP contribution in [0.3, 0.4) is 0 Å². The van der Waals surface area contributed by atoms with E-state index in [4.69, 9.17) is 14.5 Å². The molecule has 20 heteroatoms. The minimum atomic E-state index is -1.03. The molecule has 7 rings (SSSR count). The number of carbonyl (C=O) groups is 5. The molecule has 4 heterocycles. The van der Waals surface area contributed by atoms with Crippen LogP contribution in [0.1, 0.15) is 72.2 Å². The van der Waals surface area contributed by atoms with Crippen molar-refractivity contribution in [1.29, 1.82) is 0 Å². The van der Waals surface area contributed by atoms with Gasteiger partial charge in [0.2, 0.25) is 23.6 Å². The Morgan fingerprint density at radius 1 is 0.985 bits per heavy atom. The molecule has 1 fully saturated rings. The average Bonchev–Trinajstić information content (AvgIpc) is 4.08. The van der Waals surface area contributed by atoms with Gasteiger partial charge < -0.3 is 40.7 Å². The van der Waals surface area contributed by atoms with E-state index in [2.05, 4.69) is 42.2 Å². The van der Waals surface area contributed by atoms with Crippen LogP contribution in [0.2, 0.25) is 0 Å². The van der Waals surface area contributed by atoms with Crippen molar-refractivity contribution in [3.8, 4) is 10.4 Å². The van der Waals surface area contributed by atoms with E-state index in [9.17, 15) is 37.9 Å². The van der Waals surface area contributed by atoms with Gasteiger partial charge >= 0.3 is 0 Å². The van der Waals surface area contributed by atoms with Gasteiger partial charge in [-0.1, -0.05) is 45.0 Å². The Kier molecular flexibility index (Phi) is 15.6. The fraction of sp³-hybridized carbons (Fsp3) is 0.413. The van der Waals surface area contributed by atoms with E-state index >= 15 is 0 Å². The van der Waals surface area contributed by atoms with Gasteiger partial charge in [0, 0.05) is 54.3 Å². The molecule has 66 heavy (non-hydrogen) atoms. The first-order valence-electron chi connectivity index (χ1n) is 21.4. The number of pyridine rings is 1. The number of thiophene rings is 1. The number of hydrogen-bond donors (Lipinski definition) is 5. The molecular formula is C46H50BrF2N7O8S2. The molecule has 3 aromatic heterocycles. The fourth-order valence-electron chi connectivity index (χ4n) is 7.85. The van der Waals surface area contributed by atoms with E-state index in [1.165, 1.54) is 4.90 Å². The van der Waals surface area contributed by atoms with Crippen molar-refractivity contribution in [2.24, 2.45) is 5.41 Å². The molecule has 1 unspecified atom stereocenters. The number of halogens is 3. The smallest absolute Gasteiger partial charge is 0.268 e. The summed E-state index contributed by atoms with van der Waals surface area (Å²) >= 11 is 5.68. The number of nitrogens with one attached hydrogen (secondary N) is 4. The molecule has 2 aliphatic rings. The number of rotatable bonds is 17. The lowest BCUT2D eigenvalue weighted by Gasteiger charge is -2.35. The van der Waals surface area contributed by atoms with Gasteiger partial charge in [-0.05, 0) is 82.8 Å². The van der Waals surface area contributed by atoms with E-state index in [-0.39, 0.29) is 66.7 Å². The molecule has 3 atom stereocenters. The Balaban J connectivity index is 0.869. The normalized spacial score (nSPS) is 16.3. The Morgan fingerprint density at radius 3 is 2.39 bits per heavy atom. The first-order chi connectivity index (χ1) is 31.5. The number of aliphatic hydroxyl groups excluding tert-OH is 1. The number of thiazole rings is 1. The maximum absolute atomic E-state index is 14.6. The molecule has 1 aliphatic heterocycles. The second-order valence-electron chi connectivity index (χ2n) is 17.3. The van der Waals surface area contributed by atoms with Crippen molar-refractivity contribution in [3.05, 3.63) is 91.5 Å². The highest BCUT2D eigenvalue weighted by atomic mass is 79.9. The third-order valence-electron chi connectivity index (χ3n) is 11.2. The summed E-state index contributed by atoms with van der Waals surface area (Å²) in [6.45, 7) is 6.89. The molecule has 5 aromatic rings. The van der Waals surface area contributed by atoms with Gasteiger partial charge in [-0.3, -0.25) is 24.0 Å². The minimum absolute atomic E-state index is 0.00651. The molecule has 1 saturated heterocycles. The zero-order chi connectivity index (χ0) is 47.3. The van der Waals surface area contributed by atoms with Crippen molar-refractivity contribution < 1.29 is 47.3 Å². The molecule has 1 aliphatic carbocycles. The van der Waals surface area contributed by atoms with Gasteiger partial charge in [0.15, 0.2) is 5.82 Å². The van der Waals surface area contributed by atoms with Crippen LogP contribution in [0.25, 0.3) is 20.7 Å². The highest BCUT2D eigenvalue weighted by Crippen LogP contribution is 2.39. The zero-order valence-electron chi connectivity index (χ0n) is 36.7. The van der Waals surface area contributed by atoms with E-state index in [0.29, 0.717) is 22.7 Å². The first kappa shape index (κ1) is 48.7. The lowest BCUT2D eigenvalue weighted by Crippen LogP contribution is -2.58. The summed E-state index contributed by atoms with van der Waals surface area (Å²) < 4.78 is 39.5. The number of nitrogens with zero attached hydrogens (tertiary/aromatic N) is 3. The Labute approximate surface area is 396 Å². The highest BCUT2D eigenvalue weighted by Gasteiger charge is 2.44. The van der Waals surface area contributed by atoms with Crippen molar-refractivity contribution in [1.82, 2.24) is 25.5 Å². The fourth-order valence-corrected chi connectivity index (χ4v) is 10.2. The number of β-amino-alcohol motifs (C(OH)–C–C–N with tert-alkyl or cyclic N) is 1. The Bertz CT molecular complexity index is 2610. The number of aryl methyl sites for hydroxylation is 3. The summed E-state index contributed by atoms with van der Waals surface area (Å²) in [5.41, 5.74) is 5.74. The third kappa shape index (κ3) is 11.6. The molecule has 15 nitrogen and oxygen atoms in total. The van der Waals surface area contributed by atoms with Crippen LogP contribution < -0.4 is 21.3 Å². The van der Waals surface area contributed by atoms with Crippen LogP contribution in [-0.2, 0) is 48.0 Å². The topological polar surface area (TPSA) is 201 Å². The number of hydrogen-bond acceptors (Lipinski definition) is 12. The van der Waals surface area contributed by atoms with E-state index in [1.54, 1.807) is 37.6 Å². The van der Waals surface area contributed by atoms with Crippen LogP contribution >= 0.6 is 38.6 Å². The molecule has 5 amide bonds. The van der Waals surface area contributed by atoms with Crippen LogP contribution in [0.5, 0.6) is 0 Å². The predicted octanol–water partition coefficient (Wildman–Crippen LogP) is 6.68. The average molecular weight is 1010 g/mol. The molecule has 0 radical (unpaired) electrons. The predicted molar refractivity (Wildman–Crippen MR) is 250 cm³/mol. The number of anilines is 2. The summed E-state index contributed by atoms with van der Waals surface area (Å²) in [7, 11) is 0. The molecule has 5 N–H and O–H groups in total. The number of aromatic nitrogens is 2. The number of fused-ring (bicyclic) bond motifs is 2. The summed E-state index contributed by atoms with van der Waals surface area (Å²) in [5, 5.41) is 22.0. The van der Waals surface area contributed by atoms with Gasteiger partial charge in [-0.2, -0.15) is 0 Å². The third-order valence-corrected chi connectivity index (χ3v) is 13.9. The summed E-state index contributed by atoms with van der Waals surface area (Å²) in [4.78, 5) is 79.2. The first-order valence-corrected chi connectivity index (χ1v) is 23.9. The van der Waals surface area contributed by atoms with E-state index in [1.807, 2.05) is 37.3 Å². The summed E-state index contributed by atoms with van der Waals surface area (Å²) in [5.74, 6) is -4.55. The largest absolute Gasteiger partial charge is 0.391 e. The van der Waals surface area contributed by atoms with Crippen molar-refractivity contribution in [2.75, 3.05) is 43.6 Å². The van der Waals surface area contributed by atoms with Crippen molar-refractivity contribution in [3.63, 3.8) is 0 Å². The zero-order valence-corrected chi connectivity index (χ0v) is 39.9. The quantitative estimate of drug-likeness (QED) is 0.0626. The number of carbonyl (C=O) groups excluding carboxylic acids is 5. The Morgan fingerprint density at radius 2 is 1.71 bits per heavy atom. The molecule has 0 bridgehead atoms. The molecule has 350 valence electrons. The monoisotopic (exact) mass is 1010 g/mol. The van der Waals surface area contributed by atoms with Crippen molar-refractivity contribution >= 4 is 89.7 Å². The Hall–Kier alpha value is -5.25. The standard InChI is InChI=1S/C46H50BrF2N7O8S2/c1-24-39(65-23-51-24)26-11-9-25(10-12-26)19-50-42(60)34-18-29(57)20-56(34)45(62)41(46(2,3)4)54-36(59)22-64-14-6-13-63-21-35(58)53-37-30-15-27-7-5-8-33(27)52-44(30)66-40(37)43(61)55-38-31(47)16-28(48)17-32(38)49/h9-12,15-17,23,29,34,41,57H,5-8,13-14,18-22H2,1-4H3,(H,50,60)(H,53,58)(H,54,59)(H,55,61)/t29-,34+,41?/m1/s1. The summed E-state index contributed by atoms with van der Waals surface area (Å²) in [6.07, 6.45) is 1.98. The second kappa shape index (κ2) is 21.1. The number of benzene rings is 2. The lowest BCUT2D eigenvalue weighted by molar-refractivity contribution is -0.144. The van der Waals surface area contributed by atoms with E-state index < -0.39 is 64.8 Å². The van der Waals surface area contributed by atoms with Gasteiger partial charge in [-0.25, -0.2) is 18.7 Å². The van der Waals surface area contributed by atoms with Gasteiger partial charge in [0.1, 0.15) is 40.8 Å². The van der Waals surface area contributed by atoms with Crippen LogP contribution in [-0.4, -0.2) is 101 Å². The van der Waals surface area contributed by atoms with Crippen molar-refractivity contribution in [2.45, 2.75) is 84.5 Å². The SMILES string of the molecule is Cc1ncsc1-c1ccc(CNC(=O)[C@@H]2C[C@@H](O)CN2C(=O)C(NC(=O)COCCCOCC(=O)Nc2c(C(=O)Nc3c(F)cc(F)cc3Br)sc3nc4c(cc23)CCC4)C(C)(C)C)cc1. The number of ether oxygens (including phenoxy) is 2. The van der Waals surface area contributed by atoms with Crippen LogP contribution in [0, 0.1) is 24.0 Å². The maximum Gasteiger partial charge on any atom is 0.268 e. The molecule has 0 saturated carbocycles. The number of aliphatic hydroxyl groups is 1. The second-order valence-corrected chi connectivity index (χ2v) is 20.0. The van der Waals surface area contributed by atoms with Gasteiger partial charge in [-0.15, -0.1) is 22.7 Å². The van der Waals surface area contributed by atoms with Gasteiger partial charge in [0.25, 0.3) is 5.91 Å². The molecular weight excluding hydrogens is 961 g/mol. The lowest BCUT2D eigenvalue weighted by atomic mass is 9.85. The molecule has 2 aromatic carbocycles. The van der Waals surface area contributed by atoms with Gasteiger partial charge in [0.05, 0.1) is 33.6 Å². The highest BCUT2D eigenvalue weighted by molar-refractivity contribution is 9.10. The minimum Gasteiger partial charge on any atom is -0.391 e. The van der Waals surface area contributed by atoms with E-state index in [0.717, 1.165) is 69.6 Å². The number of likely N-dealkylation sites (tertiary alicyclic amines) is 1.